The van der Waals surface area contributed by atoms with Crippen molar-refractivity contribution in [1.82, 2.24) is 4.98 Å². The molecule has 1 atom stereocenters. The minimum Gasteiger partial charge on any atom is -0.387 e. The topological polar surface area (TPSA) is 33.1 Å². The molecule has 0 unspecified atom stereocenters. The lowest BCUT2D eigenvalue weighted by molar-refractivity contribution is 0.169. The van der Waals surface area contributed by atoms with Crippen LogP contribution in [0.25, 0.3) is 0 Å². The molecule has 94 valence electrons. The molecule has 2 aromatic rings. The van der Waals surface area contributed by atoms with Gasteiger partial charge >= 0.3 is 0 Å². The number of rotatable bonds is 4. The van der Waals surface area contributed by atoms with E-state index in [2.05, 4.69) is 36.2 Å². The fourth-order valence-electron chi connectivity index (χ4n) is 1.67. The van der Waals surface area contributed by atoms with Gasteiger partial charge in [-0.25, -0.2) is 0 Å². The quantitative estimate of drug-likeness (QED) is 0.901. The van der Waals surface area contributed by atoms with Gasteiger partial charge in [-0.1, -0.05) is 36.4 Å². The first kappa shape index (κ1) is 13.1. The van der Waals surface area contributed by atoms with Crippen molar-refractivity contribution in [2.75, 3.05) is 0 Å². The molecule has 0 saturated carbocycles. The number of benzene rings is 1. The van der Waals surface area contributed by atoms with Crippen molar-refractivity contribution in [3.05, 3.63) is 53.9 Å². The van der Waals surface area contributed by atoms with Gasteiger partial charge in [0.2, 0.25) is 0 Å². The molecule has 0 aliphatic heterocycles. The van der Waals surface area contributed by atoms with Crippen molar-refractivity contribution >= 4 is 11.8 Å². The zero-order valence-corrected chi connectivity index (χ0v) is 11.4. The van der Waals surface area contributed by atoms with E-state index in [9.17, 15) is 5.11 Å². The summed E-state index contributed by atoms with van der Waals surface area (Å²) < 4.78 is 0. The van der Waals surface area contributed by atoms with Gasteiger partial charge < -0.3 is 5.11 Å². The van der Waals surface area contributed by atoms with Crippen LogP contribution in [0.1, 0.15) is 30.7 Å². The number of aliphatic hydroxyl groups excluding tert-OH is 1. The van der Waals surface area contributed by atoms with Gasteiger partial charge in [0.1, 0.15) is 0 Å². The van der Waals surface area contributed by atoms with Gasteiger partial charge in [0.25, 0.3) is 0 Å². The molecule has 2 rings (SSSR count). The summed E-state index contributed by atoms with van der Waals surface area (Å²) in [6, 6.07) is 12.3. The molecule has 1 heterocycles. The molecule has 0 bridgehead atoms. The molecule has 1 N–H and O–H groups in total. The molecular formula is C15H17NOS. The standard InChI is InChI=1S/C15H17NOS/c1-3-15(17)14-8-7-13(10-16-14)18-12-6-4-5-11(2)9-12/h4-10,15,17H,3H2,1-2H3/t15-/m1/s1. The Hall–Kier alpha value is -1.32. The molecular weight excluding hydrogens is 242 g/mol. The van der Waals surface area contributed by atoms with Crippen LogP contribution in [0, 0.1) is 6.92 Å². The Morgan fingerprint density at radius 1 is 1.22 bits per heavy atom. The summed E-state index contributed by atoms with van der Waals surface area (Å²) in [5.74, 6) is 0. The van der Waals surface area contributed by atoms with E-state index in [0.29, 0.717) is 6.42 Å². The zero-order valence-electron chi connectivity index (χ0n) is 10.6. The second-order valence-corrected chi connectivity index (χ2v) is 5.41. The van der Waals surface area contributed by atoms with E-state index in [1.54, 1.807) is 11.8 Å². The van der Waals surface area contributed by atoms with Gasteiger partial charge in [-0.3, -0.25) is 4.98 Å². The monoisotopic (exact) mass is 259 g/mol. The van der Waals surface area contributed by atoms with Gasteiger partial charge in [-0.2, -0.15) is 0 Å². The van der Waals surface area contributed by atoms with Crippen LogP contribution < -0.4 is 0 Å². The van der Waals surface area contributed by atoms with Crippen molar-refractivity contribution in [2.45, 2.75) is 36.2 Å². The maximum absolute atomic E-state index is 9.68. The van der Waals surface area contributed by atoms with Crippen LogP contribution in [0.5, 0.6) is 0 Å². The van der Waals surface area contributed by atoms with Crippen LogP contribution in [-0.2, 0) is 0 Å². The van der Waals surface area contributed by atoms with Crippen LogP contribution >= 0.6 is 11.8 Å². The summed E-state index contributed by atoms with van der Waals surface area (Å²) >= 11 is 1.69. The van der Waals surface area contributed by atoms with Crippen LogP contribution in [0.15, 0.2) is 52.4 Å². The lowest BCUT2D eigenvalue weighted by Crippen LogP contribution is -1.97. The minimum atomic E-state index is -0.456. The molecule has 18 heavy (non-hydrogen) atoms. The summed E-state index contributed by atoms with van der Waals surface area (Å²) in [5, 5.41) is 9.68. The lowest BCUT2D eigenvalue weighted by atomic mass is 10.2. The fourth-order valence-corrected chi connectivity index (χ4v) is 2.58. The number of hydrogen-bond acceptors (Lipinski definition) is 3. The summed E-state index contributed by atoms with van der Waals surface area (Å²) in [6.07, 6.45) is 2.06. The third kappa shape index (κ3) is 3.34. The van der Waals surface area contributed by atoms with Gasteiger partial charge in [-0.05, 0) is 37.6 Å². The Balaban J connectivity index is 2.11. The van der Waals surface area contributed by atoms with E-state index in [0.717, 1.165) is 10.6 Å². The fraction of sp³-hybridized carbons (Fsp3) is 0.267. The first-order valence-electron chi connectivity index (χ1n) is 6.07. The normalized spacial score (nSPS) is 12.4. The van der Waals surface area contributed by atoms with E-state index in [4.69, 9.17) is 0 Å². The second-order valence-electron chi connectivity index (χ2n) is 4.26. The Kier molecular flexibility index (Phi) is 4.39. The van der Waals surface area contributed by atoms with Gasteiger partial charge in [0.05, 0.1) is 11.8 Å². The highest BCUT2D eigenvalue weighted by molar-refractivity contribution is 7.99. The average molecular weight is 259 g/mol. The number of nitrogens with zero attached hydrogens (tertiary/aromatic N) is 1. The van der Waals surface area contributed by atoms with Crippen molar-refractivity contribution < 1.29 is 5.11 Å². The highest BCUT2D eigenvalue weighted by atomic mass is 32.2. The summed E-state index contributed by atoms with van der Waals surface area (Å²) in [4.78, 5) is 6.60. The van der Waals surface area contributed by atoms with Crippen LogP contribution in [0.3, 0.4) is 0 Å². The molecule has 0 saturated heterocycles. The van der Waals surface area contributed by atoms with E-state index in [1.165, 1.54) is 10.5 Å². The lowest BCUT2D eigenvalue weighted by Gasteiger charge is -2.08. The summed E-state index contributed by atoms with van der Waals surface area (Å²) in [7, 11) is 0. The number of pyridine rings is 1. The summed E-state index contributed by atoms with van der Waals surface area (Å²) in [6.45, 7) is 4.03. The predicted molar refractivity (Wildman–Crippen MR) is 74.8 cm³/mol. The Morgan fingerprint density at radius 2 is 2.06 bits per heavy atom. The SMILES string of the molecule is CC[C@@H](O)c1ccc(Sc2cccc(C)c2)cn1. The minimum absolute atomic E-state index is 0.456. The highest BCUT2D eigenvalue weighted by Gasteiger charge is 2.06. The van der Waals surface area contributed by atoms with Gasteiger partial charge in [-0.15, -0.1) is 0 Å². The number of hydrogen-bond donors (Lipinski definition) is 1. The molecule has 3 heteroatoms. The van der Waals surface area contributed by atoms with E-state index >= 15 is 0 Å². The predicted octanol–water partition coefficient (Wildman–Crippen LogP) is 3.98. The number of aliphatic hydroxyl groups is 1. The second kappa shape index (κ2) is 6.03. The van der Waals surface area contributed by atoms with E-state index in [1.807, 2.05) is 25.3 Å². The average Bonchev–Trinajstić information content (AvgIpc) is 2.39. The van der Waals surface area contributed by atoms with Crippen LogP contribution in [0.4, 0.5) is 0 Å². The maximum atomic E-state index is 9.68. The smallest absolute Gasteiger partial charge is 0.0957 e. The summed E-state index contributed by atoms with van der Waals surface area (Å²) in [5.41, 5.74) is 2.00. The largest absolute Gasteiger partial charge is 0.387 e. The number of aryl methyl sites for hydroxylation is 1. The molecule has 0 spiro atoms. The first-order valence-corrected chi connectivity index (χ1v) is 6.89. The molecule has 0 aliphatic rings. The Bertz CT molecular complexity index is 510. The molecule has 1 aromatic heterocycles. The van der Waals surface area contributed by atoms with Crippen molar-refractivity contribution in [1.29, 1.82) is 0 Å². The number of aromatic nitrogens is 1. The molecule has 0 amide bonds. The van der Waals surface area contributed by atoms with Gasteiger partial charge in [0, 0.05) is 16.0 Å². The van der Waals surface area contributed by atoms with Crippen LogP contribution in [-0.4, -0.2) is 10.1 Å². The van der Waals surface area contributed by atoms with Gasteiger partial charge in [0.15, 0.2) is 0 Å². The Labute approximate surface area is 112 Å². The molecule has 0 fully saturated rings. The molecule has 0 aliphatic carbocycles. The molecule has 2 nitrogen and oxygen atoms in total. The van der Waals surface area contributed by atoms with E-state index < -0.39 is 6.10 Å². The molecule has 0 radical (unpaired) electrons. The van der Waals surface area contributed by atoms with Crippen LogP contribution in [0.2, 0.25) is 0 Å². The molecule has 1 aromatic carbocycles. The maximum Gasteiger partial charge on any atom is 0.0957 e. The first-order chi connectivity index (χ1) is 8.69. The zero-order chi connectivity index (χ0) is 13.0. The third-order valence-corrected chi connectivity index (χ3v) is 3.68. The highest BCUT2D eigenvalue weighted by Crippen LogP contribution is 2.28. The Morgan fingerprint density at radius 3 is 2.67 bits per heavy atom. The van der Waals surface area contributed by atoms with Crippen molar-refractivity contribution in [3.8, 4) is 0 Å². The van der Waals surface area contributed by atoms with E-state index in [-0.39, 0.29) is 0 Å². The van der Waals surface area contributed by atoms with Crippen molar-refractivity contribution in [3.63, 3.8) is 0 Å². The van der Waals surface area contributed by atoms with Crippen molar-refractivity contribution in [2.24, 2.45) is 0 Å². The third-order valence-electron chi connectivity index (χ3n) is 2.71.